The molecule has 0 saturated carbocycles. The highest BCUT2D eigenvalue weighted by Gasteiger charge is 2.38. The van der Waals surface area contributed by atoms with Gasteiger partial charge in [0.25, 0.3) is 0 Å². The van der Waals surface area contributed by atoms with Crippen LogP contribution < -0.4 is 15.4 Å². The van der Waals surface area contributed by atoms with Crippen LogP contribution in [-0.2, 0) is 17.8 Å². The van der Waals surface area contributed by atoms with Gasteiger partial charge >= 0.3 is 0 Å². The van der Waals surface area contributed by atoms with Gasteiger partial charge in [0.2, 0.25) is 0 Å². The minimum atomic E-state index is 0.0124. The van der Waals surface area contributed by atoms with Gasteiger partial charge in [0, 0.05) is 31.4 Å². The van der Waals surface area contributed by atoms with E-state index >= 15 is 0 Å². The van der Waals surface area contributed by atoms with E-state index in [1.807, 2.05) is 13.0 Å². The summed E-state index contributed by atoms with van der Waals surface area (Å²) < 4.78 is 12.1. The van der Waals surface area contributed by atoms with Crippen molar-refractivity contribution in [2.45, 2.75) is 52.2 Å². The highest BCUT2D eigenvalue weighted by atomic mass is 16.5. The van der Waals surface area contributed by atoms with Crippen molar-refractivity contribution in [2.24, 2.45) is 11.1 Å². The van der Waals surface area contributed by atoms with E-state index in [1.54, 1.807) is 0 Å². The van der Waals surface area contributed by atoms with Crippen molar-refractivity contribution in [3.05, 3.63) is 83.4 Å². The molecule has 4 nitrogen and oxygen atoms in total. The predicted molar refractivity (Wildman–Crippen MR) is 144 cm³/mol. The standard InChI is InChI=1S/C31H38N2O2/c1-3-25-7-4-5-10-30(25)35-21-24-17-28(27-9-6-8-26(19-27)23(2)32)20-29(18-24)33-14-11-31(12-15-33)13-16-34-22-31/h4-10,17-20,23H,3,11-16,21-22,32H2,1-2H3. The van der Waals surface area contributed by atoms with Crippen LogP contribution >= 0.6 is 0 Å². The van der Waals surface area contributed by atoms with Crippen molar-refractivity contribution in [3.8, 4) is 16.9 Å². The minimum absolute atomic E-state index is 0.0124. The summed E-state index contributed by atoms with van der Waals surface area (Å²) in [4.78, 5) is 2.55. The number of hydrogen-bond acceptors (Lipinski definition) is 4. The third-order valence-electron chi connectivity index (χ3n) is 7.85. The quantitative estimate of drug-likeness (QED) is 0.427. The molecule has 5 rings (SSSR count). The van der Waals surface area contributed by atoms with Crippen LogP contribution in [0.5, 0.6) is 5.75 Å². The maximum absolute atomic E-state index is 6.33. The zero-order chi connectivity index (χ0) is 24.3. The minimum Gasteiger partial charge on any atom is -0.489 e. The molecule has 1 unspecified atom stereocenters. The lowest BCUT2D eigenvalue weighted by Crippen LogP contribution is -2.40. The van der Waals surface area contributed by atoms with Gasteiger partial charge in [0.1, 0.15) is 12.4 Å². The van der Waals surface area contributed by atoms with Gasteiger partial charge in [-0.25, -0.2) is 0 Å². The number of hydrogen-bond donors (Lipinski definition) is 1. The Morgan fingerprint density at radius 3 is 2.54 bits per heavy atom. The van der Waals surface area contributed by atoms with Crippen LogP contribution in [0.15, 0.2) is 66.7 Å². The fraction of sp³-hybridized carbons (Fsp3) is 0.419. The molecule has 0 amide bonds. The molecule has 184 valence electrons. The highest BCUT2D eigenvalue weighted by Crippen LogP contribution is 2.41. The topological polar surface area (TPSA) is 47.7 Å². The molecule has 0 radical (unpaired) electrons. The second-order valence-electron chi connectivity index (χ2n) is 10.3. The zero-order valence-electron chi connectivity index (χ0n) is 21.1. The van der Waals surface area contributed by atoms with E-state index in [0.717, 1.165) is 44.0 Å². The molecule has 35 heavy (non-hydrogen) atoms. The highest BCUT2D eigenvalue weighted by molar-refractivity contribution is 5.70. The molecule has 3 aromatic carbocycles. The smallest absolute Gasteiger partial charge is 0.122 e. The van der Waals surface area contributed by atoms with Crippen molar-refractivity contribution in [2.75, 3.05) is 31.2 Å². The molecule has 2 saturated heterocycles. The number of benzene rings is 3. The summed E-state index contributed by atoms with van der Waals surface area (Å²) in [5.41, 5.74) is 13.9. The van der Waals surface area contributed by atoms with E-state index in [9.17, 15) is 0 Å². The van der Waals surface area contributed by atoms with Crippen LogP contribution in [0.2, 0.25) is 0 Å². The van der Waals surface area contributed by atoms with E-state index in [2.05, 4.69) is 72.5 Å². The van der Waals surface area contributed by atoms with Crippen LogP contribution in [0.4, 0.5) is 5.69 Å². The number of ether oxygens (including phenoxy) is 2. The van der Waals surface area contributed by atoms with Gasteiger partial charge in [-0.3, -0.25) is 0 Å². The molecular weight excluding hydrogens is 432 g/mol. The van der Waals surface area contributed by atoms with Crippen LogP contribution in [-0.4, -0.2) is 26.3 Å². The van der Waals surface area contributed by atoms with Crippen LogP contribution in [0.25, 0.3) is 11.1 Å². The van der Waals surface area contributed by atoms with Crippen molar-refractivity contribution >= 4 is 5.69 Å². The lowest BCUT2D eigenvalue weighted by molar-refractivity contribution is 0.134. The molecule has 2 aliphatic heterocycles. The fourth-order valence-electron chi connectivity index (χ4n) is 5.49. The van der Waals surface area contributed by atoms with Crippen LogP contribution in [0, 0.1) is 5.41 Å². The van der Waals surface area contributed by atoms with E-state index in [-0.39, 0.29) is 6.04 Å². The van der Waals surface area contributed by atoms with Crippen molar-refractivity contribution in [1.29, 1.82) is 0 Å². The van der Waals surface area contributed by atoms with Gasteiger partial charge in [-0.1, -0.05) is 43.3 Å². The summed E-state index contributed by atoms with van der Waals surface area (Å²) >= 11 is 0. The number of rotatable bonds is 7. The molecule has 0 aliphatic carbocycles. The molecular formula is C31H38N2O2. The average Bonchev–Trinajstić information content (AvgIpc) is 3.35. The molecule has 2 fully saturated rings. The third-order valence-corrected chi connectivity index (χ3v) is 7.85. The molecule has 4 heteroatoms. The summed E-state index contributed by atoms with van der Waals surface area (Å²) in [6.07, 6.45) is 4.58. The Bertz CT molecular complexity index is 1140. The Hall–Kier alpha value is -2.82. The van der Waals surface area contributed by atoms with Crippen LogP contribution in [0.1, 0.15) is 55.8 Å². The molecule has 0 aromatic heterocycles. The molecule has 1 spiro atoms. The lowest BCUT2D eigenvalue weighted by Gasteiger charge is -2.39. The average molecular weight is 471 g/mol. The molecule has 2 heterocycles. The number of nitrogens with two attached hydrogens (primary N) is 1. The number of piperidine rings is 1. The molecule has 1 atom stereocenters. The molecule has 2 aliphatic rings. The summed E-state index contributed by atoms with van der Waals surface area (Å²) in [7, 11) is 0. The Morgan fingerprint density at radius 1 is 0.971 bits per heavy atom. The summed E-state index contributed by atoms with van der Waals surface area (Å²) in [5.74, 6) is 0.974. The van der Waals surface area contributed by atoms with Gasteiger partial charge in [0.05, 0.1) is 6.61 Å². The van der Waals surface area contributed by atoms with E-state index in [4.69, 9.17) is 15.2 Å². The number of para-hydroxylation sites is 1. The SMILES string of the molecule is CCc1ccccc1OCc1cc(-c2cccc(C(C)N)c2)cc(N2CCC3(CCOC3)CC2)c1. The largest absolute Gasteiger partial charge is 0.489 e. The third kappa shape index (κ3) is 5.39. The van der Waals surface area contributed by atoms with Crippen molar-refractivity contribution < 1.29 is 9.47 Å². The fourth-order valence-corrected chi connectivity index (χ4v) is 5.49. The van der Waals surface area contributed by atoms with E-state index in [0.29, 0.717) is 12.0 Å². The summed E-state index contributed by atoms with van der Waals surface area (Å²) in [5, 5.41) is 0. The lowest BCUT2D eigenvalue weighted by atomic mass is 9.78. The molecule has 0 bridgehead atoms. The summed E-state index contributed by atoms with van der Waals surface area (Å²) in [6, 6.07) is 23.9. The van der Waals surface area contributed by atoms with Gasteiger partial charge < -0.3 is 20.1 Å². The monoisotopic (exact) mass is 470 g/mol. The van der Waals surface area contributed by atoms with E-state index < -0.39 is 0 Å². The Balaban J connectivity index is 1.44. The Labute approximate surface area is 210 Å². The second-order valence-corrected chi connectivity index (χ2v) is 10.3. The maximum Gasteiger partial charge on any atom is 0.122 e. The first-order chi connectivity index (χ1) is 17.0. The second kappa shape index (κ2) is 10.4. The predicted octanol–water partition coefficient (Wildman–Crippen LogP) is 6.52. The Morgan fingerprint density at radius 2 is 1.80 bits per heavy atom. The van der Waals surface area contributed by atoms with Crippen molar-refractivity contribution in [3.63, 3.8) is 0 Å². The first-order valence-electron chi connectivity index (χ1n) is 13.1. The normalized spacial score (nSPS) is 18.1. The van der Waals surface area contributed by atoms with Crippen molar-refractivity contribution in [1.82, 2.24) is 0 Å². The number of anilines is 1. The molecule has 2 N–H and O–H groups in total. The number of aryl methyl sites for hydroxylation is 1. The van der Waals surface area contributed by atoms with Gasteiger partial charge in [-0.2, -0.15) is 0 Å². The van der Waals surface area contributed by atoms with Gasteiger partial charge in [-0.05, 0) is 96.2 Å². The Kier molecular flexibility index (Phi) is 7.12. The first-order valence-corrected chi connectivity index (χ1v) is 13.1. The first kappa shape index (κ1) is 23.9. The van der Waals surface area contributed by atoms with E-state index in [1.165, 1.54) is 47.2 Å². The summed E-state index contributed by atoms with van der Waals surface area (Å²) in [6.45, 7) is 8.77. The van der Waals surface area contributed by atoms with Crippen LogP contribution in [0.3, 0.4) is 0 Å². The van der Waals surface area contributed by atoms with Gasteiger partial charge in [0.15, 0.2) is 0 Å². The zero-order valence-corrected chi connectivity index (χ0v) is 21.1. The maximum atomic E-state index is 6.33. The number of nitrogens with zero attached hydrogens (tertiary/aromatic N) is 1. The van der Waals surface area contributed by atoms with Gasteiger partial charge in [-0.15, -0.1) is 0 Å². The molecule has 3 aromatic rings.